The molecule has 0 saturated carbocycles. The van der Waals surface area contributed by atoms with Crippen molar-refractivity contribution in [2.45, 2.75) is 13.0 Å². The molecular formula is C8H14O5S. The minimum absolute atomic E-state index is 0.195. The van der Waals surface area contributed by atoms with Crippen LogP contribution in [0.2, 0.25) is 0 Å². The van der Waals surface area contributed by atoms with Crippen LogP contribution < -0.4 is 0 Å². The van der Waals surface area contributed by atoms with Crippen LogP contribution in [0.15, 0.2) is 11.2 Å². The molecule has 14 heavy (non-hydrogen) atoms. The molecule has 6 heteroatoms. The Labute approximate surface area is 86.4 Å². The third-order valence-electron chi connectivity index (χ3n) is 1.18. The van der Waals surface area contributed by atoms with Crippen LogP contribution in [0.25, 0.3) is 0 Å². The molecule has 0 aromatic heterocycles. The fraction of sp³-hybridized carbons (Fsp3) is 0.625. The highest BCUT2D eigenvalue weighted by atomic mass is 32.2. The van der Waals surface area contributed by atoms with Crippen LogP contribution >= 0.6 is 11.8 Å². The Morgan fingerprint density at radius 1 is 1.64 bits per heavy atom. The zero-order chi connectivity index (χ0) is 11.0. The molecule has 0 heterocycles. The number of ether oxygens (including phenoxy) is 1. The Bertz CT molecular complexity index is 204. The summed E-state index contributed by atoms with van der Waals surface area (Å²) >= 11 is 1.03. The van der Waals surface area contributed by atoms with Crippen LogP contribution in [-0.4, -0.2) is 46.4 Å². The molecule has 0 amide bonds. The molecule has 0 aromatic rings. The van der Waals surface area contributed by atoms with E-state index in [0.29, 0.717) is 0 Å². The van der Waals surface area contributed by atoms with Crippen LogP contribution in [0.4, 0.5) is 0 Å². The first kappa shape index (κ1) is 13.3. The molecule has 5 nitrogen and oxygen atoms in total. The van der Waals surface area contributed by atoms with E-state index < -0.39 is 17.8 Å². The quantitative estimate of drug-likeness (QED) is 0.334. The van der Waals surface area contributed by atoms with Gasteiger partial charge in [0.05, 0.1) is 19.3 Å². The maximum Gasteiger partial charge on any atom is 0.373 e. The lowest BCUT2D eigenvalue weighted by Crippen LogP contribution is -2.14. The fourth-order valence-corrected chi connectivity index (χ4v) is 1.22. The van der Waals surface area contributed by atoms with Gasteiger partial charge in [-0.05, 0) is 6.92 Å². The summed E-state index contributed by atoms with van der Waals surface area (Å²) in [5.74, 6) is -1.08. The number of esters is 1. The zero-order valence-corrected chi connectivity index (χ0v) is 8.66. The van der Waals surface area contributed by atoms with Crippen LogP contribution in [0.3, 0.4) is 0 Å². The number of aliphatic hydroxyl groups excluding tert-OH is 3. The Morgan fingerprint density at radius 3 is 2.79 bits per heavy atom. The standard InChI is InChI=1S/C8H14O5S/c1-2-13-8(12)7(11)5-14-4-6(10)3-9/h5-6,9-11H,2-4H2,1H3/b7-5-. The zero-order valence-electron chi connectivity index (χ0n) is 7.84. The first-order chi connectivity index (χ1) is 6.61. The Balaban J connectivity index is 3.81. The summed E-state index contributed by atoms with van der Waals surface area (Å²) in [4.78, 5) is 10.8. The molecule has 3 N–H and O–H groups in total. The molecule has 0 spiro atoms. The van der Waals surface area contributed by atoms with Crippen molar-refractivity contribution in [3.8, 4) is 0 Å². The summed E-state index contributed by atoms with van der Waals surface area (Å²) in [5.41, 5.74) is 0. The molecule has 0 saturated heterocycles. The maximum absolute atomic E-state index is 10.8. The van der Waals surface area contributed by atoms with Gasteiger partial charge in [-0.2, -0.15) is 0 Å². The summed E-state index contributed by atoms with van der Waals surface area (Å²) < 4.78 is 4.51. The van der Waals surface area contributed by atoms with Gasteiger partial charge in [0.15, 0.2) is 0 Å². The molecule has 0 aliphatic rings. The lowest BCUT2D eigenvalue weighted by Gasteiger charge is -2.03. The molecule has 0 bridgehead atoms. The van der Waals surface area contributed by atoms with Crippen molar-refractivity contribution < 1.29 is 24.9 Å². The molecule has 0 fully saturated rings. The summed E-state index contributed by atoms with van der Waals surface area (Å²) in [6.07, 6.45) is -0.855. The van der Waals surface area contributed by atoms with Gasteiger partial charge in [-0.25, -0.2) is 4.79 Å². The Hall–Kier alpha value is -0.720. The predicted octanol–water partition coefficient (Wildman–Crippen LogP) is 0.0353. The van der Waals surface area contributed by atoms with Crippen LogP contribution in [0.5, 0.6) is 0 Å². The van der Waals surface area contributed by atoms with Crippen molar-refractivity contribution in [2.24, 2.45) is 0 Å². The van der Waals surface area contributed by atoms with Gasteiger partial charge in [-0.15, -0.1) is 11.8 Å². The predicted molar refractivity (Wildman–Crippen MR) is 52.9 cm³/mol. The first-order valence-corrected chi connectivity index (χ1v) is 5.13. The lowest BCUT2D eigenvalue weighted by atomic mass is 10.4. The monoisotopic (exact) mass is 222 g/mol. The highest BCUT2D eigenvalue weighted by Crippen LogP contribution is 2.08. The second-order valence-corrected chi connectivity index (χ2v) is 3.30. The molecule has 82 valence electrons. The molecule has 0 aliphatic carbocycles. The van der Waals surface area contributed by atoms with E-state index in [9.17, 15) is 4.79 Å². The Morgan fingerprint density at radius 2 is 2.29 bits per heavy atom. The highest BCUT2D eigenvalue weighted by molar-refractivity contribution is 8.02. The minimum atomic E-state index is -0.855. The van der Waals surface area contributed by atoms with E-state index in [0.717, 1.165) is 11.8 Å². The maximum atomic E-state index is 10.8. The van der Waals surface area contributed by atoms with E-state index in [-0.39, 0.29) is 19.0 Å². The number of carbonyl (C=O) groups is 1. The van der Waals surface area contributed by atoms with Gasteiger partial charge in [-0.1, -0.05) is 0 Å². The summed E-state index contributed by atoms with van der Waals surface area (Å²) in [6.45, 7) is 1.48. The summed E-state index contributed by atoms with van der Waals surface area (Å²) in [7, 11) is 0. The largest absolute Gasteiger partial charge is 0.501 e. The van der Waals surface area contributed by atoms with Gasteiger partial charge < -0.3 is 20.1 Å². The fourth-order valence-electron chi connectivity index (χ4n) is 0.544. The van der Waals surface area contributed by atoms with Gasteiger partial charge in [0.25, 0.3) is 0 Å². The van der Waals surface area contributed by atoms with E-state index in [1.807, 2.05) is 0 Å². The molecular weight excluding hydrogens is 208 g/mol. The number of rotatable bonds is 6. The van der Waals surface area contributed by atoms with E-state index in [1.165, 1.54) is 5.41 Å². The topological polar surface area (TPSA) is 87.0 Å². The lowest BCUT2D eigenvalue weighted by molar-refractivity contribution is -0.141. The number of thioether (sulfide) groups is 1. The third kappa shape index (κ3) is 5.85. The van der Waals surface area contributed by atoms with Crippen molar-refractivity contribution in [3.05, 3.63) is 11.2 Å². The molecule has 0 aromatic carbocycles. The van der Waals surface area contributed by atoms with Gasteiger partial charge >= 0.3 is 5.97 Å². The van der Waals surface area contributed by atoms with Crippen molar-refractivity contribution in [1.82, 2.24) is 0 Å². The summed E-state index contributed by atoms with van der Waals surface area (Å²) in [6, 6.07) is 0. The van der Waals surface area contributed by atoms with E-state index in [2.05, 4.69) is 4.74 Å². The molecule has 0 radical (unpaired) electrons. The minimum Gasteiger partial charge on any atom is -0.501 e. The first-order valence-electron chi connectivity index (χ1n) is 4.08. The second kappa shape index (κ2) is 7.66. The van der Waals surface area contributed by atoms with Crippen molar-refractivity contribution in [2.75, 3.05) is 19.0 Å². The van der Waals surface area contributed by atoms with Gasteiger partial charge in [0.1, 0.15) is 0 Å². The molecule has 0 rings (SSSR count). The average molecular weight is 222 g/mol. The van der Waals surface area contributed by atoms with Crippen molar-refractivity contribution in [1.29, 1.82) is 0 Å². The molecule has 1 atom stereocenters. The van der Waals surface area contributed by atoms with E-state index in [4.69, 9.17) is 15.3 Å². The van der Waals surface area contributed by atoms with Crippen LogP contribution in [-0.2, 0) is 9.53 Å². The third-order valence-corrected chi connectivity index (χ3v) is 2.15. The number of carbonyl (C=O) groups excluding carboxylic acids is 1. The van der Waals surface area contributed by atoms with Gasteiger partial charge in [0.2, 0.25) is 5.76 Å². The second-order valence-electron chi connectivity index (χ2n) is 2.39. The van der Waals surface area contributed by atoms with E-state index in [1.54, 1.807) is 6.92 Å². The van der Waals surface area contributed by atoms with Crippen molar-refractivity contribution in [3.63, 3.8) is 0 Å². The van der Waals surface area contributed by atoms with Gasteiger partial charge in [-0.3, -0.25) is 0 Å². The molecule has 1 unspecified atom stereocenters. The summed E-state index contributed by atoms with van der Waals surface area (Å²) in [5, 5.41) is 27.6. The highest BCUT2D eigenvalue weighted by Gasteiger charge is 2.08. The number of hydrogen-bond acceptors (Lipinski definition) is 6. The smallest absolute Gasteiger partial charge is 0.373 e. The van der Waals surface area contributed by atoms with Gasteiger partial charge in [0, 0.05) is 11.2 Å². The Kier molecular flexibility index (Phi) is 7.27. The normalized spacial score (nSPS) is 13.8. The van der Waals surface area contributed by atoms with Crippen LogP contribution in [0, 0.1) is 0 Å². The SMILES string of the molecule is CCOC(=O)/C(O)=C/SCC(O)CO. The average Bonchev–Trinajstić information content (AvgIpc) is 2.17. The number of hydrogen-bond donors (Lipinski definition) is 3. The van der Waals surface area contributed by atoms with E-state index >= 15 is 0 Å². The number of aliphatic hydroxyl groups is 3. The molecule has 0 aliphatic heterocycles. The van der Waals surface area contributed by atoms with Crippen LogP contribution in [0.1, 0.15) is 6.92 Å². The van der Waals surface area contributed by atoms with Crippen molar-refractivity contribution >= 4 is 17.7 Å².